The molecule has 0 radical (unpaired) electrons. The maximum Gasteiger partial charge on any atom is 0.0480 e. The number of likely N-dealkylation sites (N-methyl/N-ethyl adjacent to an activating group) is 2. The van der Waals surface area contributed by atoms with Crippen LogP contribution >= 0.6 is 0 Å². The van der Waals surface area contributed by atoms with E-state index in [0.717, 1.165) is 13.1 Å². The first-order valence-corrected chi connectivity index (χ1v) is 8.79. The largest absolute Gasteiger partial charge is 0.309 e. The summed E-state index contributed by atoms with van der Waals surface area (Å²) in [5, 5.41) is 3.78. The Hall–Kier alpha value is -0.860. The molecule has 2 heteroatoms. The van der Waals surface area contributed by atoms with E-state index in [0.29, 0.717) is 18.1 Å². The van der Waals surface area contributed by atoms with E-state index in [-0.39, 0.29) is 0 Å². The number of benzene rings is 1. The van der Waals surface area contributed by atoms with Crippen LogP contribution in [0.3, 0.4) is 0 Å². The lowest BCUT2D eigenvalue weighted by Gasteiger charge is -2.40. The summed E-state index contributed by atoms with van der Waals surface area (Å²) >= 11 is 0. The van der Waals surface area contributed by atoms with Crippen molar-refractivity contribution in [2.45, 2.75) is 71.5 Å². The zero-order valence-corrected chi connectivity index (χ0v) is 14.2. The van der Waals surface area contributed by atoms with Gasteiger partial charge in [-0.25, -0.2) is 0 Å². The molecule has 0 saturated heterocycles. The van der Waals surface area contributed by atoms with E-state index < -0.39 is 0 Å². The van der Waals surface area contributed by atoms with Gasteiger partial charge in [0.25, 0.3) is 0 Å². The zero-order chi connectivity index (χ0) is 15.2. The van der Waals surface area contributed by atoms with Gasteiger partial charge in [0.15, 0.2) is 0 Å². The van der Waals surface area contributed by atoms with E-state index in [1.165, 1.54) is 31.2 Å². The molecule has 1 aliphatic rings. The molecule has 1 aliphatic carbocycles. The number of nitrogens with zero attached hydrogens (tertiary/aromatic N) is 1. The second-order valence-electron chi connectivity index (χ2n) is 6.28. The average molecular weight is 288 g/mol. The molecule has 2 rings (SSSR count). The Balaban J connectivity index is 2.35. The van der Waals surface area contributed by atoms with Crippen LogP contribution < -0.4 is 5.32 Å². The number of hydrogen-bond donors (Lipinski definition) is 1. The van der Waals surface area contributed by atoms with Crippen LogP contribution in [0, 0.1) is 0 Å². The maximum absolute atomic E-state index is 3.78. The minimum atomic E-state index is 0.475. The Morgan fingerprint density at radius 1 is 1.24 bits per heavy atom. The summed E-state index contributed by atoms with van der Waals surface area (Å²) in [7, 11) is 0. The van der Waals surface area contributed by atoms with E-state index in [4.69, 9.17) is 0 Å². The van der Waals surface area contributed by atoms with Crippen molar-refractivity contribution in [2.75, 3.05) is 13.1 Å². The summed E-state index contributed by atoms with van der Waals surface area (Å²) in [5.74, 6) is 0. The Bertz CT molecular complexity index is 429. The van der Waals surface area contributed by atoms with Crippen molar-refractivity contribution >= 4 is 0 Å². The molecule has 1 aromatic carbocycles. The molecule has 0 aromatic heterocycles. The molecular weight excluding hydrogens is 256 g/mol. The van der Waals surface area contributed by atoms with Gasteiger partial charge in [0.05, 0.1) is 0 Å². The maximum atomic E-state index is 3.78. The first-order valence-electron chi connectivity index (χ1n) is 8.79. The number of hydrogen-bond acceptors (Lipinski definition) is 2. The van der Waals surface area contributed by atoms with Gasteiger partial charge in [0.1, 0.15) is 0 Å². The minimum Gasteiger partial charge on any atom is -0.309 e. The molecule has 1 N–H and O–H groups in total. The van der Waals surface area contributed by atoms with E-state index in [2.05, 4.69) is 62.2 Å². The fourth-order valence-corrected chi connectivity index (χ4v) is 3.87. The number of nitrogens with one attached hydrogen (secondary N) is 1. The molecule has 0 bridgehead atoms. The van der Waals surface area contributed by atoms with Crippen molar-refractivity contribution in [3.63, 3.8) is 0 Å². The molecule has 0 aliphatic heterocycles. The Kier molecular flexibility index (Phi) is 6.25. The van der Waals surface area contributed by atoms with Crippen molar-refractivity contribution in [3.05, 3.63) is 35.4 Å². The van der Waals surface area contributed by atoms with Crippen LogP contribution in [-0.4, -0.2) is 30.1 Å². The fraction of sp³-hybridized carbons (Fsp3) is 0.684. The Labute approximate surface area is 130 Å². The Morgan fingerprint density at radius 2 is 2.00 bits per heavy atom. The summed E-state index contributed by atoms with van der Waals surface area (Å²) in [6.45, 7) is 11.4. The number of fused-ring (bicyclic) bond motifs is 1. The lowest BCUT2D eigenvalue weighted by molar-refractivity contribution is 0.110. The lowest BCUT2D eigenvalue weighted by Crippen LogP contribution is -2.48. The highest BCUT2D eigenvalue weighted by Gasteiger charge is 2.32. The van der Waals surface area contributed by atoms with Crippen LogP contribution in [0.4, 0.5) is 0 Å². The SMILES string of the molecule is CCNC1c2ccccc2CCCC1N(CC)C(C)CC. The van der Waals surface area contributed by atoms with E-state index >= 15 is 0 Å². The van der Waals surface area contributed by atoms with E-state index in [9.17, 15) is 0 Å². The molecule has 3 atom stereocenters. The molecular formula is C19H32N2. The van der Waals surface area contributed by atoms with Crippen molar-refractivity contribution in [2.24, 2.45) is 0 Å². The predicted molar refractivity (Wildman–Crippen MR) is 91.7 cm³/mol. The summed E-state index contributed by atoms with van der Waals surface area (Å²) < 4.78 is 0. The van der Waals surface area contributed by atoms with Gasteiger partial charge in [-0.1, -0.05) is 45.0 Å². The highest BCUT2D eigenvalue weighted by atomic mass is 15.2. The van der Waals surface area contributed by atoms with Crippen LogP contribution in [0.25, 0.3) is 0 Å². The van der Waals surface area contributed by atoms with Crippen LogP contribution in [0.2, 0.25) is 0 Å². The third-order valence-electron chi connectivity index (χ3n) is 5.09. The molecule has 21 heavy (non-hydrogen) atoms. The lowest BCUT2D eigenvalue weighted by atomic mass is 9.93. The molecule has 0 heterocycles. The quantitative estimate of drug-likeness (QED) is 0.791. The first-order chi connectivity index (χ1) is 10.2. The summed E-state index contributed by atoms with van der Waals surface area (Å²) in [6.07, 6.45) is 5.05. The van der Waals surface area contributed by atoms with Crippen molar-refractivity contribution in [3.8, 4) is 0 Å². The second kappa shape index (κ2) is 7.95. The molecule has 0 saturated carbocycles. The molecule has 0 amide bonds. The average Bonchev–Trinajstić information content (AvgIpc) is 2.69. The van der Waals surface area contributed by atoms with Crippen molar-refractivity contribution in [1.82, 2.24) is 10.2 Å². The third-order valence-corrected chi connectivity index (χ3v) is 5.09. The number of rotatable bonds is 6. The smallest absolute Gasteiger partial charge is 0.0480 e. The van der Waals surface area contributed by atoms with Crippen LogP contribution in [-0.2, 0) is 6.42 Å². The van der Waals surface area contributed by atoms with Crippen LogP contribution in [0.15, 0.2) is 24.3 Å². The molecule has 118 valence electrons. The summed E-state index contributed by atoms with van der Waals surface area (Å²) in [6, 6.07) is 10.8. The summed E-state index contributed by atoms with van der Waals surface area (Å²) in [4.78, 5) is 2.72. The fourth-order valence-electron chi connectivity index (χ4n) is 3.87. The third kappa shape index (κ3) is 3.67. The van der Waals surface area contributed by atoms with Gasteiger partial charge in [-0.15, -0.1) is 0 Å². The highest BCUT2D eigenvalue weighted by Crippen LogP contribution is 2.33. The van der Waals surface area contributed by atoms with Gasteiger partial charge in [-0.3, -0.25) is 4.90 Å². The monoisotopic (exact) mass is 288 g/mol. The second-order valence-corrected chi connectivity index (χ2v) is 6.28. The predicted octanol–water partition coefficient (Wildman–Crippen LogP) is 4.16. The summed E-state index contributed by atoms with van der Waals surface area (Å²) in [5.41, 5.74) is 3.08. The topological polar surface area (TPSA) is 15.3 Å². The normalized spacial score (nSPS) is 23.7. The standard InChI is InChI=1S/C19H32N2/c1-5-15(4)21(7-3)18-14-10-12-16-11-8-9-13-17(16)19(18)20-6-2/h8-9,11,13,15,18-20H,5-7,10,12,14H2,1-4H3. The minimum absolute atomic E-state index is 0.475. The van der Waals surface area contributed by atoms with Crippen LogP contribution in [0.5, 0.6) is 0 Å². The molecule has 3 unspecified atom stereocenters. The molecule has 0 spiro atoms. The van der Waals surface area contributed by atoms with Crippen molar-refractivity contribution < 1.29 is 0 Å². The molecule has 1 aromatic rings. The van der Waals surface area contributed by atoms with Gasteiger partial charge in [0.2, 0.25) is 0 Å². The Morgan fingerprint density at radius 3 is 2.67 bits per heavy atom. The van der Waals surface area contributed by atoms with E-state index in [1.54, 1.807) is 5.56 Å². The van der Waals surface area contributed by atoms with Crippen molar-refractivity contribution in [1.29, 1.82) is 0 Å². The molecule has 2 nitrogen and oxygen atoms in total. The van der Waals surface area contributed by atoms with Gasteiger partial charge in [0, 0.05) is 18.1 Å². The van der Waals surface area contributed by atoms with Gasteiger partial charge >= 0.3 is 0 Å². The van der Waals surface area contributed by atoms with E-state index in [1.807, 2.05) is 0 Å². The van der Waals surface area contributed by atoms with Crippen LogP contribution in [0.1, 0.15) is 64.1 Å². The molecule has 0 fully saturated rings. The first kappa shape index (κ1) is 16.5. The van der Waals surface area contributed by atoms with Gasteiger partial charge in [-0.2, -0.15) is 0 Å². The van der Waals surface area contributed by atoms with Gasteiger partial charge in [-0.05, 0) is 56.8 Å². The number of aryl methyl sites for hydroxylation is 1. The highest BCUT2D eigenvalue weighted by molar-refractivity contribution is 5.32. The zero-order valence-electron chi connectivity index (χ0n) is 14.2. The van der Waals surface area contributed by atoms with Gasteiger partial charge < -0.3 is 5.32 Å².